The van der Waals surface area contributed by atoms with Crippen molar-refractivity contribution in [3.63, 3.8) is 0 Å². The average Bonchev–Trinajstić information content (AvgIpc) is 2.14. The lowest BCUT2D eigenvalue weighted by molar-refractivity contribution is 0.139. The molecule has 0 aliphatic carbocycles. The van der Waals surface area contributed by atoms with Crippen molar-refractivity contribution in [3.05, 3.63) is 36.4 Å². The Morgan fingerprint density at radius 3 is 2.06 bits per heavy atom. The maximum Gasteiger partial charge on any atom is 0.297 e. The Bertz CT molecular complexity index is 464. The third-order valence-electron chi connectivity index (χ3n) is 1.76. The van der Waals surface area contributed by atoms with E-state index in [9.17, 15) is 8.42 Å². The van der Waals surface area contributed by atoms with Crippen molar-refractivity contribution in [3.8, 4) is 0 Å². The van der Waals surface area contributed by atoms with Crippen molar-refractivity contribution in [1.29, 1.82) is 0 Å². The van der Waals surface area contributed by atoms with Gasteiger partial charge in [-0.15, -0.1) is 0 Å². The molecule has 1 rings (SSSR count). The summed E-state index contributed by atoms with van der Waals surface area (Å²) in [6.07, 6.45) is 1.65. The molecule has 0 bridgehead atoms. The highest BCUT2D eigenvalue weighted by atomic mass is 32.2. The molecule has 3 nitrogen and oxygen atoms in total. The van der Waals surface area contributed by atoms with Gasteiger partial charge in [-0.05, 0) is 38.5 Å². The van der Waals surface area contributed by atoms with Crippen LogP contribution in [0.4, 0.5) is 0 Å². The lowest BCUT2D eigenvalue weighted by Crippen LogP contribution is -2.24. The van der Waals surface area contributed by atoms with Gasteiger partial charge in [-0.25, -0.2) is 0 Å². The van der Waals surface area contributed by atoms with Gasteiger partial charge in [0.1, 0.15) is 0 Å². The first-order valence-electron chi connectivity index (χ1n) is 4.93. The summed E-state index contributed by atoms with van der Waals surface area (Å²) in [7, 11) is -3.68. The molecular weight excluding hydrogens is 224 g/mol. The van der Waals surface area contributed by atoms with Crippen LogP contribution in [0.5, 0.6) is 0 Å². The maximum atomic E-state index is 11.8. The number of hydrogen-bond donors (Lipinski definition) is 0. The molecule has 1 aromatic rings. The number of hydrogen-bond acceptors (Lipinski definition) is 3. The first kappa shape index (κ1) is 12.9. The SMILES string of the molecule is C=Cc1ccc(S(=O)(=O)OC(C)(C)C)cc1. The van der Waals surface area contributed by atoms with Crippen LogP contribution in [-0.4, -0.2) is 14.0 Å². The summed E-state index contributed by atoms with van der Waals surface area (Å²) in [5, 5.41) is 0. The molecule has 0 aliphatic heterocycles. The summed E-state index contributed by atoms with van der Waals surface area (Å²) in [5.74, 6) is 0. The van der Waals surface area contributed by atoms with Gasteiger partial charge in [-0.2, -0.15) is 8.42 Å². The third-order valence-corrected chi connectivity index (χ3v) is 3.33. The second kappa shape index (κ2) is 4.39. The molecule has 88 valence electrons. The van der Waals surface area contributed by atoms with Gasteiger partial charge in [0, 0.05) is 0 Å². The van der Waals surface area contributed by atoms with Crippen LogP contribution in [0.3, 0.4) is 0 Å². The summed E-state index contributed by atoms with van der Waals surface area (Å²) in [6.45, 7) is 8.69. The molecule has 0 radical (unpaired) electrons. The minimum Gasteiger partial charge on any atom is -0.261 e. The fraction of sp³-hybridized carbons (Fsp3) is 0.333. The largest absolute Gasteiger partial charge is 0.297 e. The molecule has 0 atom stereocenters. The predicted molar refractivity (Wildman–Crippen MR) is 64.6 cm³/mol. The Morgan fingerprint density at radius 2 is 1.69 bits per heavy atom. The van der Waals surface area contributed by atoms with Crippen molar-refractivity contribution in [2.24, 2.45) is 0 Å². The van der Waals surface area contributed by atoms with Gasteiger partial charge < -0.3 is 0 Å². The number of rotatable bonds is 3. The van der Waals surface area contributed by atoms with Gasteiger partial charge in [0.15, 0.2) is 0 Å². The van der Waals surface area contributed by atoms with Crippen LogP contribution in [0.15, 0.2) is 35.7 Å². The van der Waals surface area contributed by atoms with E-state index in [2.05, 4.69) is 6.58 Å². The first-order valence-corrected chi connectivity index (χ1v) is 6.33. The summed E-state index contributed by atoms with van der Waals surface area (Å²) in [6, 6.07) is 6.40. The van der Waals surface area contributed by atoms with Crippen molar-refractivity contribution in [2.45, 2.75) is 31.3 Å². The second-order valence-electron chi connectivity index (χ2n) is 4.42. The topological polar surface area (TPSA) is 43.4 Å². The van der Waals surface area contributed by atoms with E-state index in [1.165, 1.54) is 12.1 Å². The van der Waals surface area contributed by atoms with E-state index >= 15 is 0 Å². The van der Waals surface area contributed by atoms with Crippen LogP contribution in [0.2, 0.25) is 0 Å². The smallest absolute Gasteiger partial charge is 0.261 e. The van der Waals surface area contributed by atoms with Crippen LogP contribution in [0.1, 0.15) is 26.3 Å². The molecule has 0 spiro atoms. The van der Waals surface area contributed by atoms with E-state index in [1.807, 2.05) is 0 Å². The van der Waals surface area contributed by atoms with Crippen LogP contribution in [-0.2, 0) is 14.3 Å². The molecule has 0 heterocycles. The minimum atomic E-state index is -3.68. The van der Waals surface area contributed by atoms with Crippen molar-refractivity contribution in [1.82, 2.24) is 0 Å². The van der Waals surface area contributed by atoms with Gasteiger partial charge in [-0.1, -0.05) is 24.8 Å². The van der Waals surface area contributed by atoms with Crippen molar-refractivity contribution < 1.29 is 12.6 Å². The molecule has 1 aromatic carbocycles. The number of benzene rings is 1. The quantitative estimate of drug-likeness (QED) is 0.763. The van der Waals surface area contributed by atoms with E-state index in [0.29, 0.717) is 0 Å². The van der Waals surface area contributed by atoms with Crippen LogP contribution >= 0.6 is 0 Å². The van der Waals surface area contributed by atoms with Gasteiger partial charge in [-0.3, -0.25) is 4.18 Å². The lowest BCUT2D eigenvalue weighted by atomic mass is 10.2. The van der Waals surface area contributed by atoms with E-state index in [4.69, 9.17) is 4.18 Å². The molecule has 0 saturated heterocycles. The highest BCUT2D eigenvalue weighted by Gasteiger charge is 2.23. The van der Waals surface area contributed by atoms with Crippen LogP contribution in [0.25, 0.3) is 6.08 Å². The second-order valence-corrected chi connectivity index (χ2v) is 5.97. The van der Waals surface area contributed by atoms with Crippen molar-refractivity contribution in [2.75, 3.05) is 0 Å². The Kier molecular flexibility index (Phi) is 3.55. The Labute approximate surface area is 96.9 Å². The Balaban J connectivity index is 3.03. The molecule has 0 aromatic heterocycles. The molecule has 0 saturated carbocycles. The molecule has 0 fully saturated rings. The first-order chi connectivity index (χ1) is 7.24. The molecule has 16 heavy (non-hydrogen) atoms. The third kappa shape index (κ3) is 3.47. The van der Waals surface area contributed by atoms with E-state index in [1.54, 1.807) is 39.0 Å². The van der Waals surface area contributed by atoms with E-state index < -0.39 is 15.7 Å². The monoisotopic (exact) mass is 240 g/mol. The van der Waals surface area contributed by atoms with E-state index in [-0.39, 0.29) is 4.90 Å². The Hall–Kier alpha value is -1.13. The van der Waals surface area contributed by atoms with Crippen LogP contribution < -0.4 is 0 Å². The van der Waals surface area contributed by atoms with Gasteiger partial charge in [0.25, 0.3) is 10.1 Å². The summed E-state index contributed by atoms with van der Waals surface area (Å²) < 4.78 is 28.6. The molecule has 4 heteroatoms. The normalized spacial score (nSPS) is 12.4. The highest BCUT2D eigenvalue weighted by molar-refractivity contribution is 7.86. The fourth-order valence-electron chi connectivity index (χ4n) is 1.15. The highest BCUT2D eigenvalue weighted by Crippen LogP contribution is 2.20. The lowest BCUT2D eigenvalue weighted by Gasteiger charge is -2.18. The van der Waals surface area contributed by atoms with E-state index in [0.717, 1.165) is 5.56 Å². The molecule has 0 aliphatic rings. The average molecular weight is 240 g/mol. The molecule has 0 unspecified atom stereocenters. The molecule has 0 amide bonds. The molecular formula is C12H16O3S. The zero-order valence-electron chi connectivity index (χ0n) is 9.73. The van der Waals surface area contributed by atoms with Gasteiger partial charge in [0.05, 0.1) is 10.5 Å². The predicted octanol–water partition coefficient (Wildman–Crippen LogP) is 2.83. The van der Waals surface area contributed by atoms with Gasteiger partial charge in [0.2, 0.25) is 0 Å². The minimum absolute atomic E-state index is 0.160. The fourth-order valence-corrected chi connectivity index (χ4v) is 2.37. The van der Waals surface area contributed by atoms with Gasteiger partial charge >= 0.3 is 0 Å². The van der Waals surface area contributed by atoms with Crippen LogP contribution in [0, 0.1) is 0 Å². The Morgan fingerprint density at radius 1 is 1.19 bits per heavy atom. The standard InChI is InChI=1S/C12H16O3S/c1-5-10-6-8-11(9-7-10)16(13,14)15-12(2,3)4/h5-9H,1H2,2-4H3. The zero-order valence-corrected chi connectivity index (χ0v) is 10.5. The summed E-state index contributed by atoms with van der Waals surface area (Å²) in [5.41, 5.74) is 0.144. The summed E-state index contributed by atoms with van der Waals surface area (Å²) in [4.78, 5) is 0.160. The molecule has 0 N–H and O–H groups in total. The zero-order chi connectivity index (χ0) is 12.4. The summed E-state index contributed by atoms with van der Waals surface area (Å²) >= 11 is 0. The maximum absolute atomic E-state index is 11.8. The van der Waals surface area contributed by atoms with Crippen molar-refractivity contribution >= 4 is 16.2 Å².